The Morgan fingerprint density at radius 1 is 1.56 bits per heavy atom. The normalized spacial score (nSPS) is 26.7. The van der Waals surface area contributed by atoms with Crippen LogP contribution in [-0.4, -0.2) is 44.4 Å². The van der Waals surface area contributed by atoms with E-state index in [1.54, 1.807) is 7.11 Å². The fourth-order valence-corrected chi connectivity index (χ4v) is 1.93. The molecule has 3 N–H and O–H groups in total. The third kappa shape index (κ3) is 4.92. The average molecular weight is 230 g/mol. The minimum Gasteiger partial charge on any atom is -0.383 e. The number of carbonyl (C=O) groups excluding carboxylic acids is 1. The number of methoxy groups -OCH3 is 1. The van der Waals surface area contributed by atoms with Gasteiger partial charge in [0, 0.05) is 19.2 Å². The minimum absolute atomic E-state index is 0.0203. The van der Waals surface area contributed by atoms with E-state index >= 15 is 0 Å². The number of ether oxygens (including phenoxy) is 2. The number of amides is 1. The minimum atomic E-state index is -0.0926. The van der Waals surface area contributed by atoms with Crippen LogP contribution in [0.25, 0.3) is 0 Å². The van der Waals surface area contributed by atoms with E-state index in [4.69, 9.17) is 15.2 Å². The first-order chi connectivity index (χ1) is 7.61. The topological polar surface area (TPSA) is 73.6 Å². The lowest BCUT2D eigenvalue weighted by molar-refractivity contribution is -0.128. The fraction of sp³-hybridized carbons (Fsp3) is 0.909. The molecule has 0 aromatic heterocycles. The van der Waals surface area contributed by atoms with Crippen molar-refractivity contribution in [3.8, 4) is 0 Å². The molecule has 94 valence electrons. The standard InChI is InChI=1S/C11H22N2O3/c1-8(6-15-2)13-11(14)7-16-10-4-3-9(12)5-10/h8-10H,3-7,12H2,1-2H3,(H,13,14). The predicted molar refractivity (Wildman–Crippen MR) is 61.0 cm³/mol. The molecule has 0 aliphatic heterocycles. The average Bonchev–Trinajstić information content (AvgIpc) is 2.61. The molecule has 0 spiro atoms. The van der Waals surface area contributed by atoms with Gasteiger partial charge in [-0.05, 0) is 26.2 Å². The van der Waals surface area contributed by atoms with Gasteiger partial charge in [-0.3, -0.25) is 4.79 Å². The molecule has 5 nitrogen and oxygen atoms in total. The van der Waals surface area contributed by atoms with Crippen LogP contribution >= 0.6 is 0 Å². The Balaban J connectivity index is 2.10. The summed E-state index contributed by atoms with van der Waals surface area (Å²) in [5, 5.41) is 2.80. The Bertz CT molecular complexity index is 223. The van der Waals surface area contributed by atoms with Crippen molar-refractivity contribution in [2.75, 3.05) is 20.3 Å². The molecule has 3 atom stereocenters. The highest BCUT2D eigenvalue weighted by Gasteiger charge is 2.22. The summed E-state index contributed by atoms with van der Waals surface area (Å²) in [7, 11) is 1.61. The largest absolute Gasteiger partial charge is 0.383 e. The Kier molecular flexibility index (Phi) is 5.73. The quantitative estimate of drug-likeness (QED) is 0.675. The molecule has 1 aliphatic rings. The Morgan fingerprint density at radius 2 is 2.31 bits per heavy atom. The third-order valence-corrected chi connectivity index (χ3v) is 2.70. The molecule has 5 heteroatoms. The van der Waals surface area contributed by atoms with E-state index < -0.39 is 0 Å². The van der Waals surface area contributed by atoms with Gasteiger partial charge in [-0.1, -0.05) is 0 Å². The smallest absolute Gasteiger partial charge is 0.246 e. The van der Waals surface area contributed by atoms with Crippen LogP contribution in [0.5, 0.6) is 0 Å². The third-order valence-electron chi connectivity index (χ3n) is 2.70. The first-order valence-corrected chi connectivity index (χ1v) is 5.77. The Morgan fingerprint density at radius 3 is 2.88 bits per heavy atom. The van der Waals surface area contributed by atoms with Crippen LogP contribution in [0.4, 0.5) is 0 Å². The first kappa shape index (κ1) is 13.4. The molecule has 0 saturated heterocycles. The number of nitrogens with one attached hydrogen (secondary N) is 1. The van der Waals surface area contributed by atoms with Crippen LogP contribution in [-0.2, 0) is 14.3 Å². The van der Waals surface area contributed by atoms with Gasteiger partial charge in [0.1, 0.15) is 6.61 Å². The molecule has 16 heavy (non-hydrogen) atoms. The summed E-state index contributed by atoms with van der Waals surface area (Å²) in [6.07, 6.45) is 2.97. The van der Waals surface area contributed by atoms with Crippen molar-refractivity contribution < 1.29 is 14.3 Å². The fourth-order valence-electron chi connectivity index (χ4n) is 1.93. The van der Waals surface area contributed by atoms with E-state index in [0.29, 0.717) is 6.61 Å². The summed E-state index contributed by atoms with van der Waals surface area (Å²) in [5.74, 6) is -0.0926. The van der Waals surface area contributed by atoms with Crippen LogP contribution in [0.1, 0.15) is 26.2 Å². The number of nitrogens with two attached hydrogens (primary N) is 1. The van der Waals surface area contributed by atoms with Gasteiger partial charge in [-0.15, -0.1) is 0 Å². The summed E-state index contributed by atoms with van der Waals surface area (Å²) in [4.78, 5) is 11.4. The number of carbonyl (C=O) groups is 1. The molecule has 0 bridgehead atoms. The summed E-state index contributed by atoms with van der Waals surface area (Å²) < 4.78 is 10.4. The highest BCUT2D eigenvalue weighted by molar-refractivity contribution is 5.77. The lowest BCUT2D eigenvalue weighted by Crippen LogP contribution is -2.38. The maximum atomic E-state index is 11.4. The van der Waals surface area contributed by atoms with Crippen LogP contribution in [0.2, 0.25) is 0 Å². The maximum Gasteiger partial charge on any atom is 0.246 e. The Labute approximate surface area is 96.7 Å². The van der Waals surface area contributed by atoms with Crippen molar-refractivity contribution in [2.24, 2.45) is 5.73 Å². The number of rotatable bonds is 6. The van der Waals surface area contributed by atoms with Crippen molar-refractivity contribution in [3.63, 3.8) is 0 Å². The van der Waals surface area contributed by atoms with Crippen molar-refractivity contribution in [1.29, 1.82) is 0 Å². The molecule has 1 fully saturated rings. The van der Waals surface area contributed by atoms with Gasteiger partial charge < -0.3 is 20.5 Å². The van der Waals surface area contributed by atoms with Crippen molar-refractivity contribution in [2.45, 2.75) is 44.4 Å². The molecule has 3 unspecified atom stereocenters. The zero-order valence-electron chi connectivity index (χ0n) is 10.1. The summed E-state index contributed by atoms with van der Waals surface area (Å²) in [6, 6.07) is 0.257. The van der Waals surface area contributed by atoms with Crippen LogP contribution < -0.4 is 11.1 Å². The maximum absolute atomic E-state index is 11.4. The van der Waals surface area contributed by atoms with E-state index in [1.165, 1.54) is 0 Å². The SMILES string of the molecule is COCC(C)NC(=O)COC1CCC(N)C1. The summed E-state index contributed by atoms with van der Waals surface area (Å²) in [5.41, 5.74) is 5.75. The second-order valence-electron chi connectivity index (χ2n) is 4.43. The van der Waals surface area contributed by atoms with Gasteiger partial charge in [0.25, 0.3) is 0 Å². The molecule has 0 radical (unpaired) electrons. The molecule has 0 aromatic carbocycles. The van der Waals surface area contributed by atoms with E-state index in [-0.39, 0.29) is 30.7 Å². The molecule has 1 saturated carbocycles. The zero-order valence-corrected chi connectivity index (χ0v) is 10.1. The molecule has 1 amide bonds. The lowest BCUT2D eigenvalue weighted by atomic mass is 10.3. The molecule has 0 heterocycles. The van der Waals surface area contributed by atoms with E-state index in [0.717, 1.165) is 19.3 Å². The van der Waals surface area contributed by atoms with Gasteiger partial charge in [-0.2, -0.15) is 0 Å². The van der Waals surface area contributed by atoms with Crippen LogP contribution in [0, 0.1) is 0 Å². The zero-order chi connectivity index (χ0) is 12.0. The van der Waals surface area contributed by atoms with Crippen LogP contribution in [0.15, 0.2) is 0 Å². The molecular weight excluding hydrogens is 208 g/mol. The predicted octanol–water partition coefficient (Wildman–Crippen LogP) is 0.0339. The number of hydrogen-bond acceptors (Lipinski definition) is 4. The van der Waals surface area contributed by atoms with Gasteiger partial charge in [0.15, 0.2) is 0 Å². The second kappa shape index (κ2) is 6.83. The second-order valence-corrected chi connectivity index (χ2v) is 4.43. The van der Waals surface area contributed by atoms with E-state index in [1.807, 2.05) is 6.92 Å². The van der Waals surface area contributed by atoms with Gasteiger partial charge in [-0.25, -0.2) is 0 Å². The highest BCUT2D eigenvalue weighted by atomic mass is 16.5. The monoisotopic (exact) mass is 230 g/mol. The van der Waals surface area contributed by atoms with Gasteiger partial charge in [0.05, 0.1) is 12.7 Å². The van der Waals surface area contributed by atoms with Gasteiger partial charge in [0.2, 0.25) is 5.91 Å². The van der Waals surface area contributed by atoms with Crippen molar-refractivity contribution >= 4 is 5.91 Å². The van der Waals surface area contributed by atoms with E-state index in [2.05, 4.69) is 5.32 Å². The van der Waals surface area contributed by atoms with E-state index in [9.17, 15) is 4.79 Å². The van der Waals surface area contributed by atoms with Gasteiger partial charge >= 0.3 is 0 Å². The molecule has 1 aliphatic carbocycles. The van der Waals surface area contributed by atoms with Crippen molar-refractivity contribution in [3.05, 3.63) is 0 Å². The summed E-state index contributed by atoms with van der Waals surface area (Å²) in [6.45, 7) is 2.53. The number of hydrogen-bond donors (Lipinski definition) is 2. The highest BCUT2D eigenvalue weighted by Crippen LogP contribution is 2.19. The van der Waals surface area contributed by atoms with Crippen LogP contribution in [0.3, 0.4) is 0 Å². The molecule has 0 aromatic rings. The summed E-state index contributed by atoms with van der Waals surface area (Å²) >= 11 is 0. The molecular formula is C11H22N2O3. The Hall–Kier alpha value is -0.650. The first-order valence-electron chi connectivity index (χ1n) is 5.77. The lowest BCUT2D eigenvalue weighted by Gasteiger charge is -2.15. The van der Waals surface area contributed by atoms with Crippen molar-refractivity contribution in [1.82, 2.24) is 5.32 Å². The molecule has 1 rings (SSSR count).